The molecule has 2 heterocycles. The first-order valence-electron chi connectivity index (χ1n) is 10.7. The van der Waals surface area contributed by atoms with Crippen LogP contribution in [0.4, 0.5) is 26.3 Å². The van der Waals surface area contributed by atoms with Gasteiger partial charge in [0.15, 0.2) is 0 Å². The first-order chi connectivity index (χ1) is 18.9. The molecule has 0 amide bonds. The smallest absolute Gasteiger partial charge is 0.404 e. The Balaban J connectivity index is 1.81. The predicted octanol–water partition coefficient (Wildman–Crippen LogP) is 5.93. The molecule has 2 aliphatic carbocycles. The molecule has 14 heteroatoms. The Hall–Kier alpha value is -5.86. The molecule has 0 aliphatic heterocycles. The van der Waals surface area contributed by atoms with E-state index >= 15 is 0 Å². The lowest BCUT2D eigenvalue weighted by Gasteiger charge is -2.10. The van der Waals surface area contributed by atoms with Gasteiger partial charge >= 0.3 is 12.7 Å². The van der Waals surface area contributed by atoms with Crippen LogP contribution in [0.15, 0.2) is 47.8 Å². The zero-order valence-electron chi connectivity index (χ0n) is 19.2. The molecule has 8 nitrogen and oxygen atoms in total. The van der Waals surface area contributed by atoms with Gasteiger partial charge in [0.25, 0.3) is 0 Å². The maximum Gasteiger partial charge on any atom is 0.573 e. The van der Waals surface area contributed by atoms with E-state index in [0.29, 0.717) is 0 Å². The summed E-state index contributed by atoms with van der Waals surface area (Å²) < 4.78 is 85.0. The Bertz CT molecular complexity index is 1710. The average Bonchev–Trinajstić information content (AvgIpc) is 3.34. The number of allylic oxidation sites excluding steroid dienone is 2. The number of aromatic nitrogens is 2. The molecule has 5 rings (SSSR count). The van der Waals surface area contributed by atoms with Crippen LogP contribution in [0, 0.1) is 45.3 Å². The second-order valence-electron chi connectivity index (χ2n) is 8.12. The summed E-state index contributed by atoms with van der Waals surface area (Å²) in [6, 6.07) is 11.5. The van der Waals surface area contributed by atoms with Crippen molar-refractivity contribution in [3.8, 4) is 58.3 Å². The Morgan fingerprint density at radius 3 is 1.23 bits per heavy atom. The fraction of sp³-hybridized carbons (Fsp3) is 0.0769. The summed E-state index contributed by atoms with van der Waals surface area (Å²) in [6.45, 7) is 0. The third kappa shape index (κ3) is 4.20. The van der Waals surface area contributed by atoms with Gasteiger partial charge in [0.05, 0.1) is 23.8 Å². The third-order valence-corrected chi connectivity index (χ3v) is 5.88. The molecule has 0 saturated carbocycles. The van der Waals surface area contributed by atoms with Gasteiger partial charge in [-0.25, -0.2) is 0 Å². The average molecular weight is 548 g/mol. The highest BCUT2D eigenvalue weighted by Gasteiger charge is 2.38. The first-order valence-corrected chi connectivity index (χ1v) is 10.7. The number of ether oxygens (including phenoxy) is 2. The van der Waals surface area contributed by atoms with Crippen molar-refractivity contribution in [3.05, 3.63) is 70.1 Å². The van der Waals surface area contributed by atoms with Gasteiger partial charge in [-0.2, -0.15) is 21.0 Å². The Morgan fingerprint density at radius 1 is 0.550 bits per heavy atom. The van der Waals surface area contributed by atoms with Crippen LogP contribution in [0.3, 0.4) is 0 Å². The molecule has 0 atom stereocenters. The van der Waals surface area contributed by atoms with Crippen molar-refractivity contribution < 1.29 is 35.8 Å². The van der Waals surface area contributed by atoms with Crippen molar-refractivity contribution in [3.63, 3.8) is 0 Å². The van der Waals surface area contributed by atoms with E-state index in [1.807, 2.05) is 0 Å². The number of alkyl halides is 6. The lowest BCUT2D eigenvalue weighted by atomic mass is 9.93. The lowest BCUT2D eigenvalue weighted by molar-refractivity contribution is -0.275. The molecule has 0 spiro atoms. The van der Waals surface area contributed by atoms with Gasteiger partial charge in [0.1, 0.15) is 46.9 Å². The number of halogens is 6. The predicted molar refractivity (Wildman–Crippen MR) is 121 cm³/mol. The van der Waals surface area contributed by atoms with E-state index in [1.165, 1.54) is 12.1 Å². The Morgan fingerprint density at radius 2 is 0.900 bits per heavy atom. The highest BCUT2D eigenvalue weighted by molar-refractivity contribution is 6.10. The first kappa shape index (κ1) is 25.8. The SMILES string of the molecule is N#CC(C#N)=C1c2cc3c(cc2-c2ncc(OC(F)(F)F)cc21)-c1ncc(OC(F)(F)F)cc1C3=C(C#N)C#N. The van der Waals surface area contributed by atoms with E-state index in [4.69, 9.17) is 0 Å². The van der Waals surface area contributed by atoms with E-state index in [9.17, 15) is 47.4 Å². The normalized spacial score (nSPS) is 12.6. The summed E-state index contributed by atoms with van der Waals surface area (Å²) in [5.41, 5.74) is -0.195. The van der Waals surface area contributed by atoms with E-state index < -0.39 is 35.4 Å². The molecule has 3 aromatic rings. The largest absolute Gasteiger partial charge is 0.573 e. The molecule has 2 aromatic heterocycles. The van der Waals surface area contributed by atoms with Crippen molar-refractivity contribution in [1.29, 1.82) is 21.0 Å². The number of benzene rings is 1. The number of hydrogen-bond acceptors (Lipinski definition) is 8. The van der Waals surface area contributed by atoms with E-state index in [2.05, 4.69) is 19.4 Å². The highest BCUT2D eigenvalue weighted by atomic mass is 19.4. The monoisotopic (exact) mass is 548 g/mol. The molecule has 40 heavy (non-hydrogen) atoms. The molecule has 0 bridgehead atoms. The molecule has 0 N–H and O–H groups in total. The van der Waals surface area contributed by atoms with Gasteiger partial charge in [0.2, 0.25) is 0 Å². The minimum Gasteiger partial charge on any atom is -0.404 e. The van der Waals surface area contributed by atoms with Crippen molar-refractivity contribution in [2.75, 3.05) is 0 Å². The number of fused-ring (bicyclic) bond motifs is 6. The van der Waals surface area contributed by atoms with Crippen LogP contribution < -0.4 is 9.47 Å². The van der Waals surface area contributed by atoms with Crippen LogP contribution in [-0.4, -0.2) is 22.7 Å². The van der Waals surface area contributed by atoms with Crippen molar-refractivity contribution in [1.82, 2.24) is 9.97 Å². The highest BCUT2D eigenvalue weighted by Crippen LogP contribution is 2.53. The van der Waals surface area contributed by atoms with Crippen LogP contribution in [0.1, 0.15) is 22.3 Å². The zero-order valence-corrected chi connectivity index (χ0v) is 19.2. The van der Waals surface area contributed by atoms with Crippen LogP contribution in [-0.2, 0) is 0 Å². The van der Waals surface area contributed by atoms with Crippen molar-refractivity contribution >= 4 is 11.1 Å². The maximum absolute atomic E-state index is 12.8. The summed E-state index contributed by atoms with van der Waals surface area (Å²) in [5, 5.41) is 38.4. The second kappa shape index (κ2) is 8.87. The van der Waals surface area contributed by atoms with Gasteiger partial charge in [-0.1, -0.05) is 0 Å². The van der Waals surface area contributed by atoms with E-state index in [0.717, 1.165) is 24.5 Å². The van der Waals surface area contributed by atoms with E-state index in [1.54, 1.807) is 24.3 Å². The number of nitriles is 4. The molecule has 0 radical (unpaired) electrons. The number of hydrogen-bond donors (Lipinski definition) is 0. The fourth-order valence-corrected chi connectivity index (χ4v) is 4.59. The molecule has 0 unspecified atom stereocenters. The van der Waals surface area contributed by atoms with Gasteiger partial charge in [-0.3, -0.25) is 9.97 Å². The van der Waals surface area contributed by atoms with Gasteiger partial charge < -0.3 is 9.47 Å². The molecule has 0 fully saturated rings. The van der Waals surface area contributed by atoms with Crippen LogP contribution in [0.2, 0.25) is 0 Å². The topological polar surface area (TPSA) is 139 Å². The van der Waals surface area contributed by atoms with E-state index in [-0.39, 0.29) is 55.9 Å². The molecule has 0 saturated heterocycles. The fourth-order valence-electron chi connectivity index (χ4n) is 4.59. The summed E-state index contributed by atoms with van der Waals surface area (Å²) in [6.07, 6.45) is -8.50. The molecule has 194 valence electrons. The summed E-state index contributed by atoms with van der Waals surface area (Å²) in [5.74, 6) is -1.42. The van der Waals surface area contributed by atoms with Gasteiger partial charge in [-0.15, -0.1) is 26.3 Å². The number of pyridine rings is 2. The van der Waals surface area contributed by atoms with Crippen molar-refractivity contribution in [2.45, 2.75) is 12.7 Å². The summed E-state index contributed by atoms with van der Waals surface area (Å²) in [7, 11) is 0. The molecular formula is C26H6F6N6O2. The maximum atomic E-state index is 12.8. The minimum absolute atomic E-state index is 0.0213. The molecule has 2 aliphatic rings. The minimum atomic E-state index is -5.05. The van der Waals surface area contributed by atoms with Crippen LogP contribution >= 0.6 is 0 Å². The Kier molecular flexibility index (Phi) is 5.71. The van der Waals surface area contributed by atoms with Crippen molar-refractivity contribution in [2.24, 2.45) is 0 Å². The van der Waals surface area contributed by atoms with Crippen LogP contribution in [0.25, 0.3) is 33.7 Å². The summed E-state index contributed by atoms with van der Waals surface area (Å²) >= 11 is 0. The lowest BCUT2D eigenvalue weighted by Crippen LogP contribution is -2.17. The summed E-state index contributed by atoms with van der Waals surface area (Å²) in [4.78, 5) is 8.10. The number of rotatable bonds is 2. The van der Waals surface area contributed by atoms with Gasteiger partial charge in [0, 0.05) is 33.4 Å². The zero-order chi connectivity index (χ0) is 29.0. The number of nitrogens with zero attached hydrogens (tertiary/aromatic N) is 6. The van der Waals surface area contributed by atoms with Gasteiger partial charge in [-0.05, 0) is 35.4 Å². The molecular weight excluding hydrogens is 542 g/mol. The quantitative estimate of drug-likeness (QED) is 0.195. The Labute approximate surface area is 219 Å². The third-order valence-electron chi connectivity index (χ3n) is 5.88. The standard InChI is InChI=1S/C26H6F6N6O2/c27-25(28,29)39-13-1-19-21(11(5-33)6-34)15-3-16-18(4-17(15)23(19)37-9-13)24-20(22(16)12(7-35)8-36)2-14(10-38-24)40-26(30,31)32/h1-4,9-10H. The molecule has 1 aromatic carbocycles. The second-order valence-corrected chi connectivity index (χ2v) is 8.12. The van der Waals surface area contributed by atoms with Crippen LogP contribution in [0.5, 0.6) is 11.5 Å².